The highest BCUT2D eigenvalue weighted by molar-refractivity contribution is 6.38. The van der Waals surface area contributed by atoms with Crippen molar-refractivity contribution in [2.75, 3.05) is 18.5 Å². The Morgan fingerprint density at radius 1 is 1.32 bits per heavy atom. The monoisotopic (exact) mass is 345 g/mol. The van der Waals surface area contributed by atoms with Crippen LogP contribution in [0.1, 0.15) is 31.7 Å². The molecule has 0 atom stereocenters. The minimum absolute atomic E-state index is 0.0787. The Morgan fingerprint density at radius 3 is 2.82 bits per heavy atom. The van der Waals surface area contributed by atoms with Gasteiger partial charge in [-0.3, -0.25) is 9.59 Å². The van der Waals surface area contributed by atoms with E-state index in [1.54, 1.807) is 13.0 Å². The zero-order valence-electron chi connectivity index (χ0n) is 12.2. The number of benzene rings is 1. The maximum absolute atomic E-state index is 11.5. The highest BCUT2D eigenvalue weighted by Crippen LogP contribution is 2.42. The number of fused-ring (bicyclic) bond motifs is 1. The molecule has 0 aromatic heterocycles. The first-order valence-corrected chi connectivity index (χ1v) is 7.87. The summed E-state index contributed by atoms with van der Waals surface area (Å²) in [5.74, 6) is 0.192. The maximum atomic E-state index is 11.5. The quantitative estimate of drug-likeness (QED) is 0.631. The molecule has 120 valence electrons. The lowest BCUT2D eigenvalue weighted by Crippen LogP contribution is -2.20. The largest absolute Gasteiger partial charge is 0.492 e. The lowest BCUT2D eigenvalue weighted by molar-refractivity contribution is -0.143. The van der Waals surface area contributed by atoms with Gasteiger partial charge in [0.2, 0.25) is 5.91 Å². The third-order valence-electron chi connectivity index (χ3n) is 3.23. The van der Waals surface area contributed by atoms with Gasteiger partial charge in [-0.05, 0) is 25.8 Å². The molecule has 1 amide bonds. The van der Waals surface area contributed by atoms with E-state index in [1.165, 1.54) is 0 Å². The molecule has 5 nitrogen and oxygen atoms in total. The fourth-order valence-corrected chi connectivity index (χ4v) is 2.85. The number of anilines is 1. The molecule has 1 aromatic rings. The van der Waals surface area contributed by atoms with Gasteiger partial charge in [0.25, 0.3) is 0 Å². The van der Waals surface area contributed by atoms with Gasteiger partial charge in [0.05, 0.1) is 28.9 Å². The van der Waals surface area contributed by atoms with Gasteiger partial charge >= 0.3 is 5.97 Å². The van der Waals surface area contributed by atoms with Crippen LogP contribution >= 0.6 is 23.2 Å². The zero-order valence-corrected chi connectivity index (χ0v) is 13.7. The second-order valence-electron chi connectivity index (χ2n) is 4.83. The van der Waals surface area contributed by atoms with Gasteiger partial charge in [-0.2, -0.15) is 0 Å². The van der Waals surface area contributed by atoms with Crippen molar-refractivity contribution in [3.63, 3.8) is 0 Å². The van der Waals surface area contributed by atoms with Crippen molar-refractivity contribution in [3.8, 4) is 5.75 Å². The molecule has 0 unspecified atom stereocenters. The van der Waals surface area contributed by atoms with Crippen LogP contribution in [0.15, 0.2) is 6.07 Å². The van der Waals surface area contributed by atoms with Crippen molar-refractivity contribution in [1.29, 1.82) is 0 Å². The van der Waals surface area contributed by atoms with Gasteiger partial charge in [-0.25, -0.2) is 0 Å². The molecule has 0 bridgehead atoms. The van der Waals surface area contributed by atoms with Crippen LogP contribution < -0.4 is 10.1 Å². The van der Waals surface area contributed by atoms with Crippen LogP contribution in [0.2, 0.25) is 10.0 Å². The number of esters is 1. The van der Waals surface area contributed by atoms with Crippen LogP contribution in [-0.4, -0.2) is 25.1 Å². The molecule has 1 heterocycles. The van der Waals surface area contributed by atoms with E-state index in [4.69, 9.17) is 32.7 Å². The molecule has 7 heteroatoms. The predicted molar refractivity (Wildman–Crippen MR) is 84.8 cm³/mol. The first-order chi connectivity index (χ1) is 10.5. The van der Waals surface area contributed by atoms with Crippen molar-refractivity contribution in [3.05, 3.63) is 21.7 Å². The minimum Gasteiger partial charge on any atom is -0.492 e. The Bertz CT molecular complexity index is 589. The molecular formula is C15H17Cl2NO4. The normalized spacial score (nSPS) is 13.3. The number of hydrogen-bond acceptors (Lipinski definition) is 4. The Morgan fingerprint density at radius 2 is 2.09 bits per heavy atom. The number of carbonyl (C=O) groups excluding carboxylic acids is 2. The molecule has 0 radical (unpaired) electrons. The Hall–Kier alpha value is -1.46. The third-order valence-corrected chi connectivity index (χ3v) is 3.81. The van der Waals surface area contributed by atoms with Crippen molar-refractivity contribution < 1.29 is 19.1 Å². The van der Waals surface area contributed by atoms with E-state index >= 15 is 0 Å². The number of rotatable bonds is 6. The summed E-state index contributed by atoms with van der Waals surface area (Å²) in [6.07, 6.45) is 1.70. The number of halogens is 2. The summed E-state index contributed by atoms with van der Waals surface area (Å²) < 4.78 is 10.6. The summed E-state index contributed by atoms with van der Waals surface area (Å²) in [6, 6.07) is 1.55. The topological polar surface area (TPSA) is 64.6 Å². The lowest BCUT2D eigenvalue weighted by atomic mass is 10.0. The van der Waals surface area contributed by atoms with Crippen molar-refractivity contribution in [1.82, 2.24) is 0 Å². The number of nitrogens with one attached hydrogen (secondary N) is 1. The maximum Gasteiger partial charge on any atom is 0.305 e. The molecule has 0 spiro atoms. The molecule has 0 saturated carbocycles. The summed E-state index contributed by atoms with van der Waals surface area (Å²) >= 11 is 12.3. The number of hydrogen-bond donors (Lipinski definition) is 1. The highest BCUT2D eigenvalue weighted by atomic mass is 35.5. The van der Waals surface area contributed by atoms with Crippen molar-refractivity contribution in [2.24, 2.45) is 0 Å². The van der Waals surface area contributed by atoms with Crippen molar-refractivity contribution >= 4 is 40.8 Å². The standard InChI is InChI=1S/C15H17Cl2NO4/c1-2-21-13(20)4-3-7-22-15-9-5-6-12(19)18-14(9)10(16)8-11(15)17/h8H,2-7H2,1H3,(H,18,19). The fourth-order valence-electron chi connectivity index (χ4n) is 2.24. The molecule has 22 heavy (non-hydrogen) atoms. The molecule has 0 saturated heterocycles. The van der Waals surface area contributed by atoms with Crippen LogP contribution in [0, 0.1) is 0 Å². The van der Waals surface area contributed by atoms with E-state index in [0.29, 0.717) is 54.0 Å². The summed E-state index contributed by atoms with van der Waals surface area (Å²) in [5, 5.41) is 3.53. The van der Waals surface area contributed by atoms with Gasteiger partial charge in [0, 0.05) is 18.4 Å². The Balaban J connectivity index is 2.03. The zero-order chi connectivity index (χ0) is 16.1. The van der Waals surface area contributed by atoms with Gasteiger partial charge in [-0.15, -0.1) is 0 Å². The third kappa shape index (κ3) is 4.05. The average Bonchev–Trinajstić information content (AvgIpc) is 2.47. The van der Waals surface area contributed by atoms with E-state index in [0.717, 1.165) is 5.56 Å². The van der Waals surface area contributed by atoms with Crippen LogP contribution in [0.3, 0.4) is 0 Å². The van der Waals surface area contributed by atoms with Gasteiger partial charge in [0.1, 0.15) is 5.75 Å². The van der Waals surface area contributed by atoms with E-state index < -0.39 is 0 Å². The smallest absolute Gasteiger partial charge is 0.305 e. The molecule has 0 fully saturated rings. The molecule has 0 aliphatic carbocycles. The summed E-state index contributed by atoms with van der Waals surface area (Å²) in [5.41, 5.74) is 1.36. The van der Waals surface area contributed by atoms with Gasteiger partial charge in [-0.1, -0.05) is 23.2 Å². The summed E-state index contributed by atoms with van der Waals surface area (Å²) in [4.78, 5) is 22.7. The first-order valence-electron chi connectivity index (χ1n) is 7.12. The SMILES string of the molecule is CCOC(=O)CCCOc1c(Cl)cc(Cl)c2c1CCC(=O)N2. The average molecular weight is 346 g/mol. The number of ether oxygens (including phenoxy) is 2. The Labute approximate surface area is 138 Å². The molecule has 2 rings (SSSR count). The molecule has 1 aliphatic rings. The van der Waals surface area contributed by atoms with Gasteiger partial charge in [0.15, 0.2) is 0 Å². The molecule has 1 aromatic carbocycles. The van der Waals surface area contributed by atoms with E-state index in [-0.39, 0.29) is 18.3 Å². The summed E-state index contributed by atoms with van der Waals surface area (Å²) in [7, 11) is 0. The van der Waals surface area contributed by atoms with E-state index in [9.17, 15) is 9.59 Å². The van der Waals surface area contributed by atoms with Crippen LogP contribution in [0.25, 0.3) is 0 Å². The second kappa shape index (κ2) is 7.70. The molecule has 1 aliphatic heterocycles. The van der Waals surface area contributed by atoms with Gasteiger partial charge < -0.3 is 14.8 Å². The summed E-state index contributed by atoms with van der Waals surface area (Å²) in [6.45, 7) is 2.47. The molecule has 1 N–H and O–H groups in total. The van der Waals surface area contributed by atoms with E-state index in [2.05, 4.69) is 5.32 Å². The van der Waals surface area contributed by atoms with Crippen LogP contribution in [-0.2, 0) is 20.7 Å². The minimum atomic E-state index is -0.248. The Kier molecular flexibility index (Phi) is 5.91. The highest BCUT2D eigenvalue weighted by Gasteiger charge is 2.23. The number of carbonyl (C=O) groups is 2. The first kappa shape index (κ1) is 16.9. The lowest BCUT2D eigenvalue weighted by Gasteiger charge is -2.22. The van der Waals surface area contributed by atoms with Crippen LogP contribution in [0.5, 0.6) is 5.75 Å². The fraction of sp³-hybridized carbons (Fsp3) is 0.467. The number of amides is 1. The van der Waals surface area contributed by atoms with E-state index in [1.807, 2.05) is 0 Å². The predicted octanol–water partition coefficient (Wildman–Crippen LogP) is 3.60. The molecular weight excluding hydrogens is 329 g/mol. The van der Waals surface area contributed by atoms with Crippen LogP contribution in [0.4, 0.5) is 5.69 Å². The second-order valence-corrected chi connectivity index (χ2v) is 5.64. The van der Waals surface area contributed by atoms with Crippen molar-refractivity contribution in [2.45, 2.75) is 32.6 Å².